The summed E-state index contributed by atoms with van der Waals surface area (Å²) in [4.78, 5) is 18.6. The van der Waals surface area contributed by atoms with E-state index < -0.39 is 0 Å². The highest BCUT2D eigenvalue weighted by Crippen LogP contribution is 2.31. The van der Waals surface area contributed by atoms with Gasteiger partial charge in [-0.3, -0.25) is 4.79 Å². The number of nitrogens with zero attached hydrogens (tertiary/aromatic N) is 1. The van der Waals surface area contributed by atoms with Gasteiger partial charge in [0.25, 0.3) is 5.91 Å². The van der Waals surface area contributed by atoms with Crippen molar-refractivity contribution < 1.29 is 9.90 Å². The van der Waals surface area contributed by atoms with E-state index >= 15 is 0 Å². The molecule has 2 heterocycles. The van der Waals surface area contributed by atoms with Crippen molar-refractivity contribution in [3.05, 3.63) is 28.1 Å². The van der Waals surface area contributed by atoms with Crippen LogP contribution in [-0.2, 0) is 0 Å². The lowest BCUT2D eigenvalue weighted by atomic mass is 10.1. The summed E-state index contributed by atoms with van der Waals surface area (Å²) in [5.41, 5.74) is 0.785. The molecule has 0 spiro atoms. The summed E-state index contributed by atoms with van der Waals surface area (Å²) < 4.78 is 0. The number of amides is 1. The van der Waals surface area contributed by atoms with Crippen LogP contribution in [0.5, 0.6) is 0 Å². The highest BCUT2D eigenvalue weighted by molar-refractivity contribution is 7.22. The Balaban J connectivity index is 1.65. The fourth-order valence-electron chi connectivity index (χ4n) is 2.66. The molecule has 2 unspecified atom stereocenters. The molecule has 0 radical (unpaired) electrons. The number of aliphatic hydroxyl groups excluding tert-OH is 1. The number of hydrogen-bond donors (Lipinski definition) is 2. The second-order valence-electron chi connectivity index (χ2n) is 5.45. The van der Waals surface area contributed by atoms with E-state index in [4.69, 9.17) is 0 Å². The summed E-state index contributed by atoms with van der Waals surface area (Å²) in [5.74, 6) is 0.350. The maximum Gasteiger partial charge on any atom is 0.263 e. The van der Waals surface area contributed by atoms with E-state index in [9.17, 15) is 9.90 Å². The number of aliphatic hydroxyl groups is 1. The molecule has 2 atom stereocenters. The van der Waals surface area contributed by atoms with Gasteiger partial charge in [0.2, 0.25) is 0 Å². The van der Waals surface area contributed by atoms with Crippen molar-refractivity contribution in [1.29, 1.82) is 0 Å². The third-order valence-electron chi connectivity index (χ3n) is 3.80. The minimum Gasteiger partial charge on any atom is -0.393 e. The highest BCUT2D eigenvalue weighted by Gasteiger charge is 2.24. The number of thiazole rings is 1. The van der Waals surface area contributed by atoms with Crippen molar-refractivity contribution in [2.45, 2.75) is 32.3 Å². The summed E-state index contributed by atoms with van der Waals surface area (Å²) >= 11 is 3.08. The number of thiophene rings is 1. The van der Waals surface area contributed by atoms with Crippen LogP contribution in [0.1, 0.15) is 34.6 Å². The molecule has 4 nitrogen and oxygen atoms in total. The van der Waals surface area contributed by atoms with E-state index in [1.54, 1.807) is 11.3 Å². The Labute approximate surface area is 131 Å². The van der Waals surface area contributed by atoms with Crippen LogP contribution in [0.25, 0.3) is 9.88 Å². The van der Waals surface area contributed by atoms with Crippen molar-refractivity contribution >= 4 is 28.6 Å². The Hall–Kier alpha value is -1.24. The second-order valence-corrected chi connectivity index (χ2v) is 7.40. The zero-order valence-corrected chi connectivity index (χ0v) is 13.5. The van der Waals surface area contributed by atoms with E-state index in [0.29, 0.717) is 17.3 Å². The van der Waals surface area contributed by atoms with Gasteiger partial charge in [0.1, 0.15) is 9.88 Å². The fourth-order valence-corrected chi connectivity index (χ4v) is 4.44. The average molecular weight is 322 g/mol. The van der Waals surface area contributed by atoms with Gasteiger partial charge in [0.05, 0.1) is 16.7 Å². The molecule has 0 saturated heterocycles. The molecule has 3 rings (SSSR count). The van der Waals surface area contributed by atoms with Gasteiger partial charge >= 0.3 is 0 Å². The fraction of sp³-hybridized carbons (Fsp3) is 0.467. The average Bonchev–Trinajstić information content (AvgIpc) is 3.16. The molecule has 2 aromatic heterocycles. The lowest BCUT2D eigenvalue weighted by Crippen LogP contribution is -2.28. The summed E-state index contributed by atoms with van der Waals surface area (Å²) in [6, 6.07) is 4.01. The summed E-state index contributed by atoms with van der Waals surface area (Å²) in [7, 11) is 0. The van der Waals surface area contributed by atoms with Crippen molar-refractivity contribution in [3.8, 4) is 9.88 Å². The maximum atomic E-state index is 12.3. The van der Waals surface area contributed by atoms with Gasteiger partial charge in [-0.1, -0.05) is 6.07 Å². The largest absolute Gasteiger partial charge is 0.393 e. The van der Waals surface area contributed by atoms with Crippen LogP contribution in [0.15, 0.2) is 17.5 Å². The molecule has 21 heavy (non-hydrogen) atoms. The standard InChI is InChI=1S/C15H18N2O2S2/c1-9-13(21-15(17-9)12-3-2-6-20-12)14(19)16-8-10-4-5-11(18)7-10/h2-3,6,10-11,18H,4-5,7-8H2,1H3,(H,16,19). The summed E-state index contributed by atoms with van der Waals surface area (Å²) in [5, 5.41) is 15.4. The highest BCUT2D eigenvalue weighted by atomic mass is 32.1. The van der Waals surface area contributed by atoms with Crippen LogP contribution in [0, 0.1) is 12.8 Å². The zero-order valence-electron chi connectivity index (χ0n) is 11.8. The predicted molar refractivity (Wildman–Crippen MR) is 85.8 cm³/mol. The monoisotopic (exact) mass is 322 g/mol. The van der Waals surface area contributed by atoms with Gasteiger partial charge in [-0.05, 0) is 43.6 Å². The first-order valence-corrected chi connectivity index (χ1v) is 8.80. The molecule has 1 fully saturated rings. The predicted octanol–water partition coefficient (Wildman–Crippen LogP) is 3.07. The van der Waals surface area contributed by atoms with Crippen LogP contribution in [0.2, 0.25) is 0 Å². The molecule has 1 amide bonds. The Morgan fingerprint density at radius 1 is 1.52 bits per heavy atom. The van der Waals surface area contributed by atoms with Crippen molar-refractivity contribution in [2.75, 3.05) is 6.54 Å². The lowest BCUT2D eigenvalue weighted by Gasteiger charge is -2.10. The van der Waals surface area contributed by atoms with E-state index in [-0.39, 0.29) is 12.0 Å². The summed E-state index contributed by atoms with van der Waals surface area (Å²) in [6.07, 6.45) is 2.44. The molecule has 1 aliphatic rings. The second kappa shape index (κ2) is 6.25. The molecule has 0 aliphatic heterocycles. The molecule has 0 aromatic carbocycles. The number of aromatic nitrogens is 1. The summed E-state index contributed by atoms with van der Waals surface area (Å²) in [6.45, 7) is 2.52. The molecule has 1 saturated carbocycles. The third kappa shape index (κ3) is 3.33. The molecule has 2 aromatic rings. The molecule has 1 aliphatic carbocycles. The number of aryl methyl sites for hydroxylation is 1. The van der Waals surface area contributed by atoms with E-state index in [1.165, 1.54) is 11.3 Å². The zero-order chi connectivity index (χ0) is 14.8. The number of carbonyl (C=O) groups is 1. The minimum atomic E-state index is -0.192. The van der Waals surface area contributed by atoms with Gasteiger partial charge in [-0.15, -0.1) is 22.7 Å². The van der Waals surface area contributed by atoms with Crippen molar-refractivity contribution in [2.24, 2.45) is 5.92 Å². The molecule has 2 N–H and O–H groups in total. The van der Waals surface area contributed by atoms with Gasteiger partial charge < -0.3 is 10.4 Å². The van der Waals surface area contributed by atoms with Gasteiger partial charge in [-0.25, -0.2) is 4.98 Å². The van der Waals surface area contributed by atoms with Crippen LogP contribution >= 0.6 is 22.7 Å². The van der Waals surface area contributed by atoms with E-state index in [1.807, 2.05) is 24.4 Å². The van der Waals surface area contributed by atoms with E-state index in [0.717, 1.165) is 34.8 Å². The SMILES string of the molecule is Cc1nc(-c2cccs2)sc1C(=O)NCC1CCC(O)C1. The first-order valence-electron chi connectivity index (χ1n) is 7.11. The molecule has 112 valence electrons. The van der Waals surface area contributed by atoms with Gasteiger partial charge in [0.15, 0.2) is 0 Å². The van der Waals surface area contributed by atoms with Gasteiger partial charge in [0, 0.05) is 6.54 Å². The van der Waals surface area contributed by atoms with Crippen LogP contribution in [-0.4, -0.2) is 28.6 Å². The third-order valence-corrected chi connectivity index (χ3v) is 5.99. The van der Waals surface area contributed by atoms with Gasteiger partial charge in [-0.2, -0.15) is 0 Å². The Bertz CT molecular complexity index is 622. The molecule has 6 heteroatoms. The minimum absolute atomic E-state index is 0.0470. The number of carbonyl (C=O) groups excluding carboxylic acids is 1. The van der Waals surface area contributed by atoms with Crippen molar-refractivity contribution in [3.63, 3.8) is 0 Å². The van der Waals surface area contributed by atoms with Crippen molar-refractivity contribution in [1.82, 2.24) is 10.3 Å². The normalized spacial score (nSPS) is 21.6. The smallest absolute Gasteiger partial charge is 0.263 e. The quantitative estimate of drug-likeness (QED) is 0.909. The lowest BCUT2D eigenvalue weighted by molar-refractivity contribution is 0.0948. The number of hydrogen-bond acceptors (Lipinski definition) is 5. The van der Waals surface area contributed by atoms with Crippen LogP contribution in [0.4, 0.5) is 0 Å². The Morgan fingerprint density at radius 3 is 3.05 bits per heavy atom. The Kier molecular flexibility index (Phi) is 4.37. The maximum absolute atomic E-state index is 12.3. The molecular weight excluding hydrogens is 304 g/mol. The van der Waals surface area contributed by atoms with Crippen LogP contribution < -0.4 is 5.32 Å². The first kappa shape index (κ1) is 14.7. The first-order chi connectivity index (χ1) is 10.1. The Morgan fingerprint density at radius 2 is 2.38 bits per heavy atom. The molecule has 0 bridgehead atoms. The van der Waals surface area contributed by atoms with Crippen LogP contribution in [0.3, 0.4) is 0 Å². The van der Waals surface area contributed by atoms with E-state index in [2.05, 4.69) is 10.3 Å². The topological polar surface area (TPSA) is 62.2 Å². The molecular formula is C15H18N2O2S2. The number of nitrogens with one attached hydrogen (secondary N) is 1. The number of rotatable bonds is 4.